The van der Waals surface area contributed by atoms with E-state index in [2.05, 4.69) is 11.3 Å². The summed E-state index contributed by atoms with van der Waals surface area (Å²) in [7, 11) is -3.73. The largest absolute Gasteiger partial charge is 0.490 e. The van der Waals surface area contributed by atoms with Gasteiger partial charge in [0.1, 0.15) is 24.8 Å². The molecule has 2 aromatic carbocycles. The van der Waals surface area contributed by atoms with Crippen LogP contribution in [0.25, 0.3) is 0 Å². The van der Waals surface area contributed by atoms with Gasteiger partial charge in [0.05, 0.1) is 10.5 Å². The number of ether oxygens (including phenoxy) is 2. The highest BCUT2D eigenvalue weighted by Crippen LogP contribution is 2.13. The number of rotatable bonds is 9. The molecule has 0 bridgehead atoms. The first-order valence-electron chi connectivity index (χ1n) is 7.68. The van der Waals surface area contributed by atoms with Gasteiger partial charge < -0.3 is 9.47 Å². The van der Waals surface area contributed by atoms with Gasteiger partial charge >= 0.3 is 5.97 Å². The highest BCUT2D eigenvalue weighted by atomic mass is 32.2. The van der Waals surface area contributed by atoms with Crippen molar-refractivity contribution < 1.29 is 27.1 Å². The summed E-state index contributed by atoms with van der Waals surface area (Å²) in [6.45, 7) is 3.56. The Bertz CT molecular complexity index is 865. The van der Waals surface area contributed by atoms with Crippen LogP contribution in [0.1, 0.15) is 10.4 Å². The molecule has 0 atom stereocenters. The molecule has 2 rings (SSSR count). The van der Waals surface area contributed by atoms with E-state index in [1.807, 2.05) is 0 Å². The van der Waals surface area contributed by atoms with Crippen LogP contribution >= 0.6 is 0 Å². The zero-order valence-electron chi connectivity index (χ0n) is 13.9. The Morgan fingerprint density at radius 3 is 2.58 bits per heavy atom. The van der Waals surface area contributed by atoms with Crippen molar-refractivity contribution in [3.63, 3.8) is 0 Å². The van der Waals surface area contributed by atoms with Crippen LogP contribution in [-0.2, 0) is 14.8 Å². The predicted octanol–water partition coefficient (Wildman–Crippen LogP) is 2.53. The Hall–Kier alpha value is -2.71. The Morgan fingerprint density at radius 2 is 1.88 bits per heavy atom. The van der Waals surface area contributed by atoms with Crippen molar-refractivity contribution in [3.05, 3.63) is 72.6 Å². The molecule has 8 heteroatoms. The van der Waals surface area contributed by atoms with E-state index in [9.17, 15) is 17.6 Å². The first-order chi connectivity index (χ1) is 12.4. The molecule has 0 spiro atoms. The van der Waals surface area contributed by atoms with E-state index >= 15 is 0 Å². The molecule has 0 unspecified atom stereocenters. The summed E-state index contributed by atoms with van der Waals surface area (Å²) < 4.78 is 49.6. The zero-order chi connectivity index (χ0) is 19.0. The predicted molar refractivity (Wildman–Crippen MR) is 94.0 cm³/mol. The van der Waals surface area contributed by atoms with Gasteiger partial charge in [0, 0.05) is 6.54 Å². The highest BCUT2D eigenvalue weighted by molar-refractivity contribution is 7.89. The third-order valence-corrected chi connectivity index (χ3v) is 4.62. The minimum absolute atomic E-state index is 0.0398. The number of hydrogen-bond acceptors (Lipinski definition) is 5. The van der Waals surface area contributed by atoms with Crippen molar-refractivity contribution in [1.82, 2.24) is 4.72 Å². The minimum Gasteiger partial charge on any atom is -0.490 e. The molecule has 2 aromatic rings. The summed E-state index contributed by atoms with van der Waals surface area (Å²) in [5.74, 6) is -0.599. The maximum Gasteiger partial charge on any atom is 0.338 e. The van der Waals surface area contributed by atoms with Gasteiger partial charge in [-0.2, -0.15) is 0 Å². The maximum absolute atomic E-state index is 12.8. The standard InChI is InChI=1S/C18H18FNO5S/c1-2-10-20-26(22,23)17-5-3-4-14(13-17)18(21)25-12-11-24-16-8-6-15(19)7-9-16/h2-9,13,20H,1,10-12H2. The summed E-state index contributed by atoms with van der Waals surface area (Å²) >= 11 is 0. The summed E-state index contributed by atoms with van der Waals surface area (Å²) in [5, 5.41) is 0. The van der Waals surface area contributed by atoms with E-state index in [0.29, 0.717) is 5.75 Å². The SMILES string of the molecule is C=CCNS(=O)(=O)c1cccc(C(=O)OCCOc2ccc(F)cc2)c1. The van der Waals surface area contributed by atoms with E-state index in [1.165, 1.54) is 54.6 Å². The van der Waals surface area contributed by atoms with E-state index in [4.69, 9.17) is 9.47 Å². The van der Waals surface area contributed by atoms with Crippen molar-refractivity contribution in [3.8, 4) is 5.75 Å². The van der Waals surface area contributed by atoms with Crippen LogP contribution < -0.4 is 9.46 Å². The molecule has 0 amide bonds. The molecular formula is C18H18FNO5S. The van der Waals surface area contributed by atoms with Gasteiger partial charge in [-0.3, -0.25) is 0 Å². The van der Waals surface area contributed by atoms with Gasteiger partial charge in [-0.05, 0) is 42.5 Å². The van der Waals surface area contributed by atoms with E-state index < -0.39 is 16.0 Å². The number of carbonyl (C=O) groups is 1. The molecule has 0 saturated heterocycles. The van der Waals surface area contributed by atoms with Gasteiger partial charge in [-0.15, -0.1) is 6.58 Å². The van der Waals surface area contributed by atoms with Crippen LogP contribution in [0, 0.1) is 5.82 Å². The molecule has 0 radical (unpaired) electrons. The molecule has 0 aliphatic heterocycles. The fourth-order valence-corrected chi connectivity index (χ4v) is 2.99. The lowest BCUT2D eigenvalue weighted by Crippen LogP contribution is -2.24. The number of halogens is 1. The summed E-state index contributed by atoms with van der Waals surface area (Å²) in [6, 6.07) is 10.9. The third-order valence-electron chi connectivity index (χ3n) is 3.20. The number of nitrogens with one attached hydrogen (secondary N) is 1. The zero-order valence-corrected chi connectivity index (χ0v) is 14.7. The normalized spacial score (nSPS) is 11.0. The van der Waals surface area contributed by atoms with Gasteiger partial charge in [0.15, 0.2) is 0 Å². The molecule has 0 aliphatic carbocycles. The Balaban J connectivity index is 1.90. The van der Waals surface area contributed by atoms with Crippen molar-refractivity contribution in [2.24, 2.45) is 0 Å². The van der Waals surface area contributed by atoms with Crippen LogP contribution in [0.4, 0.5) is 4.39 Å². The van der Waals surface area contributed by atoms with Crippen LogP contribution in [0.3, 0.4) is 0 Å². The third kappa shape index (κ3) is 5.68. The molecule has 26 heavy (non-hydrogen) atoms. The molecular weight excluding hydrogens is 361 g/mol. The topological polar surface area (TPSA) is 81.7 Å². The number of esters is 1. The van der Waals surface area contributed by atoms with Gasteiger partial charge in [0.2, 0.25) is 10.0 Å². The molecule has 6 nitrogen and oxygen atoms in total. The fraction of sp³-hybridized carbons (Fsp3) is 0.167. The molecule has 0 aliphatic rings. The maximum atomic E-state index is 12.8. The van der Waals surface area contributed by atoms with Crippen LogP contribution in [0.15, 0.2) is 66.1 Å². The number of benzene rings is 2. The molecule has 0 aromatic heterocycles. The number of hydrogen-bond donors (Lipinski definition) is 1. The Morgan fingerprint density at radius 1 is 1.15 bits per heavy atom. The van der Waals surface area contributed by atoms with Gasteiger partial charge in [-0.1, -0.05) is 12.1 Å². The van der Waals surface area contributed by atoms with E-state index in [-0.39, 0.29) is 36.0 Å². The Labute approximate surface area is 151 Å². The second-order valence-electron chi connectivity index (χ2n) is 5.11. The monoisotopic (exact) mass is 379 g/mol. The first-order valence-corrected chi connectivity index (χ1v) is 9.17. The summed E-state index contributed by atoms with van der Waals surface area (Å²) in [5.41, 5.74) is 0.105. The van der Waals surface area contributed by atoms with E-state index in [1.54, 1.807) is 0 Å². The molecule has 0 saturated carbocycles. The lowest BCUT2D eigenvalue weighted by molar-refractivity contribution is 0.0450. The smallest absolute Gasteiger partial charge is 0.338 e. The second-order valence-corrected chi connectivity index (χ2v) is 6.87. The van der Waals surface area contributed by atoms with Gasteiger partial charge in [0.25, 0.3) is 0 Å². The van der Waals surface area contributed by atoms with Crippen LogP contribution in [0.2, 0.25) is 0 Å². The first kappa shape index (κ1) is 19.6. The number of sulfonamides is 1. The van der Waals surface area contributed by atoms with Crippen molar-refractivity contribution >= 4 is 16.0 Å². The van der Waals surface area contributed by atoms with Gasteiger partial charge in [-0.25, -0.2) is 22.3 Å². The van der Waals surface area contributed by atoms with Crippen molar-refractivity contribution in [2.75, 3.05) is 19.8 Å². The fourth-order valence-electron chi connectivity index (χ4n) is 1.95. The molecule has 138 valence electrons. The molecule has 1 N–H and O–H groups in total. The lowest BCUT2D eigenvalue weighted by atomic mass is 10.2. The summed E-state index contributed by atoms with van der Waals surface area (Å²) in [4.78, 5) is 12.0. The minimum atomic E-state index is -3.73. The lowest BCUT2D eigenvalue weighted by Gasteiger charge is -2.09. The molecule has 0 fully saturated rings. The van der Waals surface area contributed by atoms with Crippen molar-refractivity contribution in [1.29, 1.82) is 0 Å². The number of carbonyl (C=O) groups excluding carboxylic acids is 1. The second kappa shape index (κ2) is 9.12. The highest BCUT2D eigenvalue weighted by Gasteiger charge is 2.16. The summed E-state index contributed by atoms with van der Waals surface area (Å²) in [6.07, 6.45) is 1.41. The quantitative estimate of drug-likeness (QED) is 0.411. The van der Waals surface area contributed by atoms with Crippen LogP contribution in [0.5, 0.6) is 5.75 Å². The van der Waals surface area contributed by atoms with Crippen molar-refractivity contribution in [2.45, 2.75) is 4.90 Å². The van der Waals surface area contributed by atoms with E-state index in [0.717, 1.165) is 0 Å². The average molecular weight is 379 g/mol. The Kier molecular flexibility index (Phi) is 6.88. The average Bonchev–Trinajstić information content (AvgIpc) is 2.65. The molecule has 0 heterocycles. The van der Waals surface area contributed by atoms with Crippen LogP contribution in [-0.4, -0.2) is 34.1 Å².